The maximum absolute atomic E-state index is 13.1. The molecule has 2 N–H and O–H groups in total. The standard InChI is InChI=1S/C21H24FN3O2/c1-14(12-19(26)23-18-7-5-6-17(22)13-18)24-25-20(27)15-8-10-16(11-9-15)21(2,3)4/h5-11,13H,12H2,1-4H3,(H,23,26)(H,25,27). The maximum atomic E-state index is 13.1. The van der Waals surface area contributed by atoms with Crippen LogP contribution in [-0.2, 0) is 10.2 Å². The number of hydrogen-bond acceptors (Lipinski definition) is 3. The largest absolute Gasteiger partial charge is 0.326 e. The van der Waals surface area contributed by atoms with Gasteiger partial charge in [0, 0.05) is 17.0 Å². The first kappa shape index (κ1) is 20.3. The normalized spacial score (nSPS) is 11.8. The molecule has 2 rings (SSSR count). The molecule has 142 valence electrons. The second kappa shape index (κ2) is 8.58. The fourth-order valence-corrected chi connectivity index (χ4v) is 2.38. The van der Waals surface area contributed by atoms with Crippen LogP contribution in [-0.4, -0.2) is 17.5 Å². The number of benzene rings is 2. The Morgan fingerprint density at radius 3 is 2.33 bits per heavy atom. The van der Waals surface area contributed by atoms with Gasteiger partial charge in [-0.2, -0.15) is 5.10 Å². The van der Waals surface area contributed by atoms with E-state index >= 15 is 0 Å². The molecular weight excluding hydrogens is 345 g/mol. The Bertz CT molecular complexity index is 852. The highest BCUT2D eigenvalue weighted by atomic mass is 19.1. The third-order valence-corrected chi connectivity index (χ3v) is 3.89. The molecule has 0 aliphatic rings. The molecule has 0 spiro atoms. The summed E-state index contributed by atoms with van der Waals surface area (Å²) in [5, 5.41) is 6.53. The third-order valence-electron chi connectivity index (χ3n) is 3.89. The average molecular weight is 369 g/mol. The number of anilines is 1. The lowest BCUT2D eigenvalue weighted by Gasteiger charge is -2.18. The van der Waals surface area contributed by atoms with Crippen molar-refractivity contribution < 1.29 is 14.0 Å². The maximum Gasteiger partial charge on any atom is 0.271 e. The summed E-state index contributed by atoms with van der Waals surface area (Å²) in [5.74, 6) is -1.12. The van der Waals surface area contributed by atoms with Crippen LogP contribution in [0.4, 0.5) is 10.1 Å². The Balaban J connectivity index is 1.90. The molecule has 0 aliphatic carbocycles. The van der Waals surface area contributed by atoms with Gasteiger partial charge in [0.1, 0.15) is 5.82 Å². The lowest BCUT2D eigenvalue weighted by Crippen LogP contribution is -2.21. The molecule has 6 heteroatoms. The van der Waals surface area contributed by atoms with Crippen molar-refractivity contribution >= 4 is 23.2 Å². The zero-order valence-electron chi connectivity index (χ0n) is 16.0. The summed E-state index contributed by atoms with van der Waals surface area (Å²) in [4.78, 5) is 24.1. The van der Waals surface area contributed by atoms with E-state index in [4.69, 9.17) is 0 Å². The van der Waals surface area contributed by atoms with Crippen molar-refractivity contribution in [2.75, 3.05) is 5.32 Å². The second-order valence-corrected chi connectivity index (χ2v) is 7.35. The van der Waals surface area contributed by atoms with Crippen LogP contribution < -0.4 is 10.7 Å². The fourth-order valence-electron chi connectivity index (χ4n) is 2.38. The van der Waals surface area contributed by atoms with E-state index in [1.54, 1.807) is 25.1 Å². The van der Waals surface area contributed by atoms with Gasteiger partial charge in [0.2, 0.25) is 5.91 Å². The zero-order valence-corrected chi connectivity index (χ0v) is 16.0. The van der Waals surface area contributed by atoms with Crippen molar-refractivity contribution in [3.63, 3.8) is 0 Å². The smallest absolute Gasteiger partial charge is 0.271 e. The minimum absolute atomic E-state index is 0.0127. The highest BCUT2D eigenvalue weighted by Gasteiger charge is 2.14. The summed E-state index contributed by atoms with van der Waals surface area (Å²) in [6.45, 7) is 7.94. The van der Waals surface area contributed by atoms with Crippen LogP contribution in [0.1, 0.15) is 50.0 Å². The summed E-state index contributed by atoms with van der Waals surface area (Å²) in [6, 6.07) is 13.0. The third kappa shape index (κ3) is 6.33. The number of nitrogens with zero attached hydrogens (tertiary/aromatic N) is 1. The van der Waals surface area contributed by atoms with E-state index in [-0.39, 0.29) is 23.7 Å². The minimum Gasteiger partial charge on any atom is -0.326 e. The number of hydrazone groups is 1. The van der Waals surface area contributed by atoms with Gasteiger partial charge < -0.3 is 5.32 Å². The van der Waals surface area contributed by atoms with Gasteiger partial charge in [-0.15, -0.1) is 0 Å². The molecule has 0 bridgehead atoms. The molecule has 0 aliphatic heterocycles. The van der Waals surface area contributed by atoms with Gasteiger partial charge in [-0.05, 0) is 48.2 Å². The molecule has 0 saturated carbocycles. The van der Waals surface area contributed by atoms with Crippen molar-refractivity contribution in [1.82, 2.24) is 5.43 Å². The summed E-state index contributed by atoms with van der Waals surface area (Å²) < 4.78 is 13.1. The van der Waals surface area contributed by atoms with Crippen molar-refractivity contribution in [2.45, 2.75) is 39.5 Å². The number of rotatable bonds is 5. The predicted molar refractivity (Wildman–Crippen MR) is 105 cm³/mol. The van der Waals surface area contributed by atoms with Gasteiger partial charge >= 0.3 is 0 Å². The van der Waals surface area contributed by atoms with E-state index in [1.807, 2.05) is 12.1 Å². The molecule has 2 aromatic rings. The highest BCUT2D eigenvalue weighted by Crippen LogP contribution is 2.22. The molecule has 27 heavy (non-hydrogen) atoms. The van der Waals surface area contributed by atoms with E-state index in [0.29, 0.717) is 17.0 Å². The first-order valence-electron chi connectivity index (χ1n) is 8.64. The van der Waals surface area contributed by atoms with Gasteiger partial charge in [0.15, 0.2) is 0 Å². The molecule has 0 atom stereocenters. The van der Waals surface area contributed by atoms with E-state index in [0.717, 1.165) is 5.56 Å². The summed E-state index contributed by atoms with van der Waals surface area (Å²) in [6.07, 6.45) is -0.0141. The monoisotopic (exact) mass is 369 g/mol. The first-order valence-corrected chi connectivity index (χ1v) is 8.64. The lowest BCUT2D eigenvalue weighted by atomic mass is 9.87. The number of carbonyl (C=O) groups is 2. The molecule has 0 heterocycles. The Labute approximate surface area is 158 Å². The number of carbonyl (C=O) groups excluding carboxylic acids is 2. The summed E-state index contributed by atoms with van der Waals surface area (Å²) in [5.41, 5.74) is 4.88. The number of nitrogens with one attached hydrogen (secondary N) is 2. The predicted octanol–water partition coefficient (Wildman–Crippen LogP) is 4.26. The molecule has 5 nitrogen and oxygen atoms in total. The molecule has 0 aromatic heterocycles. The second-order valence-electron chi connectivity index (χ2n) is 7.35. The molecule has 0 radical (unpaired) electrons. The fraction of sp³-hybridized carbons (Fsp3) is 0.286. The number of hydrogen-bond donors (Lipinski definition) is 2. The minimum atomic E-state index is -0.428. The van der Waals surface area contributed by atoms with E-state index < -0.39 is 5.82 Å². The van der Waals surface area contributed by atoms with Gasteiger partial charge in [-0.25, -0.2) is 9.82 Å². The SMILES string of the molecule is CC(CC(=O)Nc1cccc(F)c1)=NNC(=O)c1ccc(C(C)(C)C)cc1. The molecule has 0 saturated heterocycles. The average Bonchev–Trinajstić information content (AvgIpc) is 2.59. The summed E-state index contributed by atoms with van der Waals surface area (Å²) in [7, 11) is 0. The van der Waals surface area contributed by atoms with Crippen molar-refractivity contribution in [2.24, 2.45) is 5.10 Å². The molecule has 0 unspecified atom stereocenters. The van der Waals surface area contributed by atoms with Gasteiger partial charge in [-0.1, -0.05) is 39.0 Å². The van der Waals surface area contributed by atoms with E-state index in [9.17, 15) is 14.0 Å². The topological polar surface area (TPSA) is 70.6 Å². The van der Waals surface area contributed by atoms with E-state index in [2.05, 4.69) is 36.6 Å². The van der Waals surface area contributed by atoms with Crippen LogP contribution in [0, 0.1) is 5.82 Å². The van der Waals surface area contributed by atoms with Crippen LogP contribution >= 0.6 is 0 Å². The molecular formula is C21H24FN3O2. The molecule has 2 amide bonds. The van der Waals surface area contributed by atoms with Gasteiger partial charge in [-0.3, -0.25) is 9.59 Å². The van der Waals surface area contributed by atoms with Crippen LogP contribution in [0.2, 0.25) is 0 Å². The van der Waals surface area contributed by atoms with E-state index in [1.165, 1.54) is 18.2 Å². The van der Waals surface area contributed by atoms with Crippen LogP contribution in [0.5, 0.6) is 0 Å². The Hall–Kier alpha value is -3.02. The zero-order chi connectivity index (χ0) is 20.0. The molecule has 0 fully saturated rings. The van der Waals surface area contributed by atoms with Crippen LogP contribution in [0.25, 0.3) is 0 Å². The number of halogens is 1. The first-order chi connectivity index (χ1) is 12.6. The quantitative estimate of drug-likeness (QED) is 0.611. The van der Waals surface area contributed by atoms with Crippen molar-refractivity contribution in [3.8, 4) is 0 Å². The Morgan fingerprint density at radius 1 is 1.07 bits per heavy atom. The van der Waals surface area contributed by atoms with Crippen LogP contribution in [0.3, 0.4) is 0 Å². The molecule has 2 aromatic carbocycles. The van der Waals surface area contributed by atoms with Crippen molar-refractivity contribution in [3.05, 3.63) is 65.5 Å². The van der Waals surface area contributed by atoms with Gasteiger partial charge in [0.25, 0.3) is 5.91 Å². The Kier molecular flexibility index (Phi) is 6.45. The Morgan fingerprint density at radius 2 is 1.74 bits per heavy atom. The highest BCUT2D eigenvalue weighted by molar-refractivity contribution is 6.06. The van der Waals surface area contributed by atoms with Crippen molar-refractivity contribution in [1.29, 1.82) is 0 Å². The van der Waals surface area contributed by atoms with Gasteiger partial charge in [0.05, 0.1) is 6.42 Å². The van der Waals surface area contributed by atoms with Crippen LogP contribution in [0.15, 0.2) is 53.6 Å². The number of amides is 2. The lowest BCUT2D eigenvalue weighted by molar-refractivity contribution is -0.115. The summed E-state index contributed by atoms with van der Waals surface area (Å²) >= 11 is 0.